The minimum absolute atomic E-state index is 0.0424. The van der Waals surface area contributed by atoms with Gasteiger partial charge in [-0.1, -0.05) is 23.7 Å². The molecule has 0 saturated carbocycles. The van der Waals surface area contributed by atoms with E-state index in [4.69, 9.17) is 11.6 Å². The third-order valence-electron chi connectivity index (χ3n) is 5.38. The first-order valence-corrected chi connectivity index (χ1v) is 10.8. The fourth-order valence-electron chi connectivity index (χ4n) is 3.57. The molecule has 1 N–H and O–H groups in total. The second-order valence-electron chi connectivity index (χ2n) is 7.76. The number of nitrogens with zero attached hydrogens (tertiary/aromatic N) is 7. The highest BCUT2D eigenvalue weighted by Crippen LogP contribution is 2.21. The summed E-state index contributed by atoms with van der Waals surface area (Å²) in [6.07, 6.45) is 6.38. The molecule has 0 aliphatic carbocycles. The van der Waals surface area contributed by atoms with E-state index in [2.05, 4.69) is 25.6 Å². The van der Waals surface area contributed by atoms with Crippen molar-refractivity contribution in [3.05, 3.63) is 93.9 Å². The molecule has 4 heterocycles. The zero-order chi connectivity index (χ0) is 23.8. The molecule has 4 aromatic heterocycles. The van der Waals surface area contributed by atoms with Crippen molar-refractivity contribution in [2.24, 2.45) is 7.05 Å². The van der Waals surface area contributed by atoms with Gasteiger partial charge in [-0.3, -0.25) is 14.3 Å². The molecule has 0 bridgehead atoms. The van der Waals surface area contributed by atoms with E-state index in [0.717, 1.165) is 5.56 Å². The minimum Gasteiger partial charge on any atom is -0.345 e. The van der Waals surface area contributed by atoms with Crippen LogP contribution in [0.3, 0.4) is 0 Å². The quantitative estimate of drug-likeness (QED) is 0.419. The molecule has 0 saturated heterocycles. The Balaban J connectivity index is 1.54. The minimum atomic E-state index is -0.552. The van der Waals surface area contributed by atoms with Crippen LogP contribution in [-0.4, -0.2) is 40.1 Å². The number of halogens is 1. The van der Waals surface area contributed by atoms with Gasteiger partial charge in [-0.25, -0.2) is 9.50 Å². The van der Waals surface area contributed by atoms with Crippen molar-refractivity contribution < 1.29 is 4.79 Å². The fourth-order valence-corrected chi connectivity index (χ4v) is 3.70. The standard InChI is InChI=1S/C23H19ClN8O2/c1-14(16-7-8-31-21(9-16)25-13-27-31)28-22(33)19-10-20(15-3-5-17(24)6-4-15)29-32(23(19)34)18-11-26-30(2)12-18/h3-14H,1-2H3,(H,28,33)/t14-/m0/s1. The molecular formula is C23H19ClN8O2. The van der Waals surface area contributed by atoms with E-state index in [1.54, 1.807) is 52.9 Å². The first-order chi connectivity index (χ1) is 16.4. The lowest BCUT2D eigenvalue weighted by atomic mass is 10.1. The van der Waals surface area contributed by atoms with Crippen LogP contribution in [0.5, 0.6) is 0 Å². The van der Waals surface area contributed by atoms with Crippen LogP contribution in [0.1, 0.15) is 28.9 Å². The molecular weight excluding hydrogens is 456 g/mol. The number of aryl methyl sites for hydroxylation is 1. The zero-order valence-corrected chi connectivity index (χ0v) is 19.0. The fraction of sp³-hybridized carbons (Fsp3) is 0.130. The summed E-state index contributed by atoms with van der Waals surface area (Å²) in [5.74, 6) is -0.519. The maximum absolute atomic E-state index is 13.3. The summed E-state index contributed by atoms with van der Waals surface area (Å²) in [5.41, 5.74) is 2.49. The molecule has 1 amide bonds. The second-order valence-corrected chi connectivity index (χ2v) is 8.19. The van der Waals surface area contributed by atoms with Gasteiger partial charge in [0.1, 0.15) is 17.6 Å². The molecule has 0 aliphatic heterocycles. The topological polar surface area (TPSA) is 112 Å². The molecule has 170 valence electrons. The van der Waals surface area contributed by atoms with E-state index < -0.39 is 11.5 Å². The number of rotatable bonds is 5. The van der Waals surface area contributed by atoms with Crippen molar-refractivity contribution in [2.75, 3.05) is 0 Å². The number of benzene rings is 1. The van der Waals surface area contributed by atoms with E-state index >= 15 is 0 Å². The molecule has 0 radical (unpaired) electrons. The summed E-state index contributed by atoms with van der Waals surface area (Å²) in [7, 11) is 1.74. The Morgan fingerprint density at radius 3 is 2.65 bits per heavy atom. The van der Waals surface area contributed by atoms with E-state index in [1.807, 2.05) is 19.1 Å². The average molecular weight is 475 g/mol. The number of nitrogens with one attached hydrogen (secondary N) is 1. The third kappa shape index (κ3) is 4.06. The summed E-state index contributed by atoms with van der Waals surface area (Å²) in [6.45, 7) is 1.83. The van der Waals surface area contributed by atoms with Crippen LogP contribution in [0.4, 0.5) is 0 Å². The number of pyridine rings is 1. The first-order valence-electron chi connectivity index (χ1n) is 10.4. The van der Waals surface area contributed by atoms with Crippen LogP contribution in [-0.2, 0) is 7.05 Å². The Morgan fingerprint density at radius 2 is 1.91 bits per heavy atom. The molecule has 0 aliphatic rings. The lowest BCUT2D eigenvalue weighted by Gasteiger charge is -2.15. The van der Waals surface area contributed by atoms with Crippen LogP contribution in [0.25, 0.3) is 22.6 Å². The van der Waals surface area contributed by atoms with Gasteiger partial charge in [0.25, 0.3) is 11.5 Å². The van der Waals surface area contributed by atoms with Gasteiger partial charge in [-0.05, 0) is 42.8 Å². The predicted octanol–water partition coefficient (Wildman–Crippen LogP) is 2.82. The van der Waals surface area contributed by atoms with Crippen molar-refractivity contribution in [1.82, 2.24) is 39.5 Å². The van der Waals surface area contributed by atoms with Crippen molar-refractivity contribution in [3.8, 4) is 16.9 Å². The molecule has 5 aromatic rings. The Labute approximate surface area is 198 Å². The molecule has 11 heteroatoms. The summed E-state index contributed by atoms with van der Waals surface area (Å²) in [5, 5.41) is 16.1. The Kier molecular flexibility index (Phi) is 5.42. The highest BCUT2D eigenvalue weighted by Gasteiger charge is 2.20. The molecule has 34 heavy (non-hydrogen) atoms. The van der Waals surface area contributed by atoms with Crippen molar-refractivity contribution in [2.45, 2.75) is 13.0 Å². The van der Waals surface area contributed by atoms with Crippen LogP contribution in [0, 0.1) is 0 Å². The zero-order valence-electron chi connectivity index (χ0n) is 18.3. The maximum Gasteiger partial charge on any atom is 0.284 e. The number of hydrogen-bond acceptors (Lipinski definition) is 6. The van der Waals surface area contributed by atoms with Gasteiger partial charge in [-0.2, -0.15) is 20.0 Å². The van der Waals surface area contributed by atoms with Gasteiger partial charge in [0.2, 0.25) is 0 Å². The van der Waals surface area contributed by atoms with Gasteiger partial charge in [0, 0.05) is 23.8 Å². The van der Waals surface area contributed by atoms with E-state index in [9.17, 15) is 9.59 Å². The Hall–Kier alpha value is -4.31. The average Bonchev–Trinajstić information content (AvgIpc) is 3.48. The number of aromatic nitrogens is 7. The number of hydrogen-bond donors (Lipinski definition) is 1. The third-order valence-corrected chi connectivity index (χ3v) is 5.64. The van der Waals surface area contributed by atoms with Gasteiger partial charge < -0.3 is 5.32 Å². The molecule has 10 nitrogen and oxygen atoms in total. The van der Waals surface area contributed by atoms with Crippen molar-refractivity contribution in [3.63, 3.8) is 0 Å². The van der Waals surface area contributed by atoms with E-state index in [-0.39, 0.29) is 11.6 Å². The van der Waals surface area contributed by atoms with Gasteiger partial charge in [-0.15, -0.1) is 0 Å². The lowest BCUT2D eigenvalue weighted by molar-refractivity contribution is 0.0937. The number of carbonyl (C=O) groups is 1. The Bertz CT molecular complexity index is 1570. The lowest BCUT2D eigenvalue weighted by Crippen LogP contribution is -2.35. The normalized spacial score (nSPS) is 12.1. The second kappa shape index (κ2) is 8.56. The Morgan fingerprint density at radius 1 is 1.12 bits per heavy atom. The van der Waals surface area contributed by atoms with Crippen LogP contribution >= 0.6 is 11.6 Å². The molecule has 5 rings (SSSR count). The van der Waals surface area contributed by atoms with E-state index in [1.165, 1.54) is 23.3 Å². The smallest absolute Gasteiger partial charge is 0.284 e. The molecule has 0 fully saturated rings. The number of amides is 1. The first kappa shape index (κ1) is 21.5. The predicted molar refractivity (Wildman–Crippen MR) is 126 cm³/mol. The van der Waals surface area contributed by atoms with Gasteiger partial charge in [0.15, 0.2) is 5.65 Å². The van der Waals surface area contributed by atoms with Crippen LogP contribution in [0.15, 0.2) is 72.2 Å². The highest BCUT2D eigenvalue weighted by atomic mass is 35.5. The summed E-state index contributed by atoms with van der Waals surface area (Å²) in [6, 6.07) is 11.8. The van der Waals surface area contributed by atoms with Gasteiger partial charge >= 0.3 is 0 Å². The van der Waals surface area contributed by atoms with Crippen molar-refractivity contribution >= 4 is 23.2 Å². The van der Waals surface area contributed by atoms with Gasteiger partial charge in [0.05, 0.1) is 24.1 Å². The molecule has 0 unspecified atom stereocenters. The summed E-state index contributed by atoms with van der Waals surface area (Å²) >= 11 is 6.02. The number of fused-ring (bicyclic) bond motifs is 1. The van der Waals surface area contributed by atoms with E-state index in [0.29, 0.717) is 27.6 Å². The number of carbonyl (C=O) groups excluding carboxylic acids is 1. The monoisotopic (exact) mass is 474 g/mol. The van der Waals surface area contributed by atoms with Crippen LogP contribution in [0.2, 0.25) is 5.02 Å². The molecule has 1 atom stereocenters. The summed E-state index contributed by atoms with van der Waals surface area (Å²) in [4.78, 5) is 30.7. The SMILES string of the molecule is C[C@H](NC(=O)c1cc(-c2ccc(Cl)cc2)nn(-c2cnn(C)c2)c1=O)c1ccn2ncnc2c1. The highest BCUT2D eigenvalue weighted by molar-refractivity contribution is 6.30. The summed E-state index contributed by atoms with van der Waals surface area (Å²) < 4.78 is 4.37. The maximum atomic E-state index is 13.3. The largest absolute Gasteiger partial charge is 0.345 e. The molecule has 1 aromatic carbocycles. The molecule has 0 spiro atoms. The van der Waals surface area contributed by atoms with Crippen LogP contribution < -0.4 is 10.9 Å². The van der Waals surface area contributed by atoms with Crippen molar-refractivity contribution in [1.29, 1.82) is 0 Å².